The van der Waals surface area contributed by atoms with Crippen LogP contribution in [-0.4, -0.2) is 66.3 Å². The molecule has 0 bridgehead atoms. The van der Waals surface area contributed by atoms with Gasteiger partial charge in [0, 0.05) is 38.3 Å². The molecule has 0 aliphatic carbocycles. The molecule has 0 radical (unpaired) electrons. The van der Waals surface area contributed by atoms with Crippen LogP contribution < -0.4 is 9.47 Å². The molecule has 1 saturated heterocycles. The van der Waals surface area contributed by atoms with Crippen molar-refractivity contribution in [1.82, 2.24) is 9.80 Å². The summed E-state index contributed by atoms with van der Waals surface area (Å²) in [7, 11) is 1.55. The molecule has 2 unspecified atom stereocenters. The molecule has 2 atom stereocenters. The van der Waals surface area contributed by atoms with E-state index in [-0.39, 0.29) is 37.0 Å². The lowest BCUT2D eigenvalue weighted by atomic mass is 10.1. The standard InChI is InChI=1S/C24H31FN2O4/c1-17-14-27(18(2)13-26(17)15-20-4-7-21(25)8-5-20)24(29)16-31-22-9-6-19(10-11-28)12-23(22)30-3/h4-9,12,17-18,28H,10-11,13-16H2,1-3H3. The first-order valence-electron chi connectivity index (χ1n) is 10.6. The van der Waals surface area contributed by atoms with Crippen molar-refractivity contribution < 1.29 is 23.8 Å². The van der Waals surface area contributed by atoms with Crippen LogP contribution in [0.2, 0.25) is 0 Å². The zero-order chi connectivity index (χ0) is 22.4. The minimum Gasteiger partial charge on any atom is -0.493 e. The number of hydrogen-bond acceptors (Lipinski definition) is 5. The Hall–Kier alpha value is -2.64. The fourth-order valence-electron chi connectivity index (χ4n) is 3.93. The van der Waals surface area contributed by atoms with Gasteiger partial charge < -0.3 is 19.5 Å². The Morgan fingerprint density at radius 3 is 2.45 bits per heavy atom. The molecule has 2 aromatic rings. The van der Waals surface area contributed by atoms with Crippen molar-refractivity contribution in [3.63, 3.8) is 0 Å². The van der Waals surface area contributed by atoms with Gasteiger partial charge in [-0.3, -0.25) is 9.69 Å². The topological polar surface area (TPSA) is 62.2 Å². The number of aliphatic hydroxyl groups excluding tert-OH is 1. The molecule has 7 heteroatoms. The van der Waals surface area contributed by atoms with E-state index in [1.807, 2.05) is 24.0 Å². The fraction of sp³-hybridized carbons (Fsp3) is 0.458. The third kappa shape index (κ3) is 5.95. The average molecular weight is 431 g/mol. The van der Waals surface area contributed by atoms with Crippen molar-refractivity contribution in [2.45, 2.75) is 38.9 Å². The Morgan fingerprint density at radius 2 is 1.77 bits per heavy atom. The summed E-state index contributed by atoms with van der Waals surface area (Å²) in [5, 5.41) is 9.09. The van der Waals surface area contributed by atoms with E-state index in [4.69, 9.17) is 14.6 Å². The van der Waals surface area contributed by atoms with Crippen LogP contribution in [0, 0.1) is 5.82 Å². The second kappa shape index (κ2) is 10.6. The molecule has 1 aliphatic rings. The summed E-state index contributed by atoms with van der Waals surface area (Å²) in [6.07, 6.45) is 0.535. The van der Waals surface area contributed by atoms with Crippen LogP contribution in [0.1, 0.15) is 25.0 Å². The van der Waals surface area contributed by atoms with E-state index in [0.717, 1.165) is 24.2 Å². The number of methoxy groups -OCH3 is 1. The lowest BCUT2D eigenvalue weighted by Crippen LogP contribution is -2.58. The van der Waals surface area contributed by atoms with Crippen LogP contribution in [0.25, 0.3) is 0 Å². The Balaban J connectivity index is 1.57. The maximum absolute atomic E-state index is 13.2. The average Bonchev–Trinajstić information content (AvgIpc) is 2.76. The molecule has 0 saturated carbocycles. The Labute approximate surface area is 183 Å². The van der Waals surface area contributed by atoms with E-state index in [1.165, 1.54) is 12.1 Å². The van der Waals surface area contributed by atoms with Crippen molar-refractivity contribution in [3.8, 4) is 11.5 Å². The minimum absolute atomic E-state index is 0.0431. The summed E-state index contributed by atoms with van der Waals surface area (Å²) >= 11 is 0. The zero-order valence-electron chi connectivity index (χ0n) is 18.4. The summed E-state index contributed by atoms with van der Waals surface area (Å²) < 4.78 is 24.3. The molecule has 1 heterocycles. The first kappa shape index (κ1) is 23.0. The molecule has 168 valence electrons. The smallest absolute Gasteiger partial charge is 0.260 e. The molecule has 31 heavy (non-hydrogen) atoms. The monoisotopic (exact) mass is 430 g/mol. The SMILES string of the molecule is COc1cc(CCO)ccc1OCC(=O)N1CC(C)N(Cc2ccc(F)cc2)CC1C. The molecule has 3 rings (SSSR count). The van der Waals surface area contributed by atoms with E-state index in [2.05, 4.69) is 11.8 Å². The number of halogens is 1. The third-order valence-corrected chi connectivity index (χ3v) is 5.71. The van der Waals surface area contributed by atoms with Crippen molar-refractivity contribution >= 4 is 5.91 Å². The van der Waals surface area contributed by atoms with Gasteiger partial charge in [-0.25, -0.2) is 4.39 Å². The molecule has 2 aromatic carbocycles. The lowest BCUT2D eigenvalue weighted by Gasteiger charge is -2.44. The molecular formula is C24H31FN2O4. The number of nitrogens with zero attached hydrogens (tertiary/aromatic N) is 2. The third-order valence-electron chi connectivity index (χ3n) is 5.71. The van der Waals surface area contributed by atoms with E-state index in [9.17, 15) is 9.18 Å². The van der Waals surface area contributed by atoms with Gasteiger partial charge in [-0.2, -0.15) is 0 Å². The van der Waals surface area contributed by atoms with E-state index in [0.29, 0.717) is 24.5 Å². The molecule has 0 spiro atoms. The maximum Gasteiger partial charge on any atom is 0.260 e. The van der Waals surface area contributed by atoms with Crippen molar-refractivity contribution in [1.29, 1.82) is 0 Å². The summed E-state index contributed by atoms with van der Waals surface area (Å²) in [5.74, 6) is 0.750. The number of amides is 1. The van der Waals surface area contributed by atoms with E-state index in [1.54, 1.807) is 25.3 Å². The van der Waals surface area contributed by atoms with Gasteiger partial charge in [-0.15, -0.1) is 0 Å². The maximum atomic E-state index is 13.2. The normalized spacial score (nSPS) is 19.3. The molecule has 0 aromatic heterocycles. The fourth-order valence-corrected chi connectivity index (χ4v) is 3.93. The predicted molar refractivity (Wildman–Crippen MR) is 117 cm³/mol. The highest BCUT2D eigenvalue weighted by Gasteiger charge is 2.32. The number of carbonyl (C=O) groups excluding carboxylic acids is 1. The molecular weight excluding hydrogens is 399 g/mol. The van der Waals surface area contributed by atoms with Gasteiger partial charge in [-0.1, -0.05) is 18.2 Å². The number of carbonyl (C=O) groups is 1. The molecule has 6 nitrogen and oxygen atoms in total. The van der Waals surface area contributed by atoms with E-state index >= 15 is 0 Å². The Kier molecular flexibility index (Phi) is 7.87. The quantitative estimate of drug-likeness (QED) is 0.698. The van der Waals surface area contributed by atoms with Crippen molar-refractivity contribution in [3.05, 3.63) is 59.4 Å². The summed E-state index contributed by atoms with van der Waals surface area (Å²) in [6, 6.07) is 12.2. The largest absolute Gasteiger partial charge is 0.493 e. The van der Waals surface area contributed by atoms with Gasteiger partial charge in [0.05, 0.1) is 7.11 Å². The summed E-state index contributed by atoms with van der Waals surface area (Å²) in [6.45, 7) is 6.20. The number of aliphatic hydroxyl groups is 1. The number of piperazine rings is 1. The van der Waals surface area contributed by atoms with Crippen LogP contribution in [-0.2, 0) is 17.8 Å². The zero-order valence-corrected chi connectivity index (χ0v) is 18.4. The first-order valence-corrected chi connectivity index (χ1v) is 10.6. The summed E-state index contributed by atoms with van der Waals surface area (Å²) in [4.78, 5) is 17.0. The van der Waals surface area contributed by atoms with Crippen LogP contribution >= 0.6 is 0 Å². The molecule has 1 aliphatic heterocycles. The highest BCUT2D eigenvalue weighted by Crippen LogP contribution is 2.28. The van der Waals surface area contributed by atoms with Gasteiger partial charge in [0.2, 0.25) is 0 Å². The van der Waals surface area contributed by atoms with Gasteiger partial charge >= 0.3 is 0 Å². The highest BCUT2D eigenvalue weighted by molar-refractivity contribution is 5.78. The number of ether oxygens (including phenoxy) is 2. The van der Waals surface area contributed by atoms with Gasteiger partial charge in [-0.05, 0) is 55.7 Å². The van der Waals surface area contributed by atoms with Gasteiger partial charge in [0.25, 0.3) is 5.91 Å². The predicted octanol–water partition coefficient (Wildman–Crippen LogP) is 2.87. The molecule has 1 N–H and O–H groups in total. The second-order valence-corrected chi connectivity index (χ2v) is 8.05. The van der Waals surface area contributed by atoms with E-state index < -0.39 is 0 Å². The second-order valence-electron chi connectivity index (χ2n) is 8.05. The molecule has 1 amide bonds. The van der Waals surface area contributed by atoms with Gasteiger partial charge in [0.1, 0.15) is 5.82 Å². The first-order chi connectivity index (χ1) is 14.9. The van der Waals surface area contributed by atoms with Crippen LogP contribution in [0.3, 0.4) is 0 Å². The van der Waals surface area contributed by atoms with Crippen LogP contribution in [0.15, 0.2) is 42.5 Å². The van der Waals surface area contributed by atoms with Crippen molar-refractivity contribution in [2.75, 3.05) is 33.4 Å². The van der Waals surface area contributed by atoms with Crippen LogP contribution in [0.4, 0.5) is 4.39 Å². The highest BCUT2D eigenvalue weighted by atomic mass is 19.1. The number of rotatable bonds is 8. The number of benzene rings is 2. The summed E-state index contributed by atoms with van der Waals surface area (Å²) in [5.41, 5.74) is 2.00. The Morgan fingerprint density at radius 1 is 1.06 bits per heavy atom. The van der Waals surface area contributed by atoms with Gasteiger partial charge in [0.15, 0.2) is 18.1 Å². The lowest BCUT2D eigenvalue weighted by molar-refractivity contribution is -0.139. The van der Waals surface area contributed by atoms with Crippen LogP contribution in [0.5, 0.6) is 11.5 Å². The Bertz CT molecular complexity index is 874. The van der Waals surface area contributed by atoms with Crippen molar-refractivity contribution in [2.24, 2.45) is 0 Å². The minimum atomic E-state index is -0.236. The number of hydrogen-bond donors (Lipinski definition) is 1. The molecule has 1 fully saturated rings.